The van der Waals surface area contributed by atoms with Crippen molar-refractivity contribution < 1.29 is 13.2 Å². The number of hydrogen-bond acceptors (Lipinski definition) is 3. The lowest BCUT2D eigenvalue weighted by Crippen LogP contribution is -2.11. The van der Waals surface area contributed by atoms with Gasteiger partial charge in [0.1, 0.15) is 11.9 Å². The first kappa shape index (κ1) is 10.3. The van der Waals surface area contributed by atoms with E-state index in [1.54, 1.807) is 0 Å². The van der Waals surface area contributed by atoms with Crippen molar-refractivity contribution >= 4 is 5.82 Å². The Labute approximate surface area is 78.0 Å². The topological polar surface area (TPSA) is 62.7 Å². The number of nitrogens with two attached hydrogens (primary N) is 1. The van der Waals surface area contributed by atoms with Gasteiger partial charge in [0.2, 0.25) is 0 Å². The highest BCUT2D eigenvalue weighted by molar-refractivity contribution is 5.48. The van der Waals surface area contributed by atoms with Crippen LogP contribution in [-0.2, 0) is 6.18 Å². The first-order valence-electron chi connectivity index (χ1n) is 3.60. The van der Waals surface area contributed by atoms with Crippen LogP contribution in [0.25, 0.3) is 0 Å². The van der Waals surface area contributed by atoms with Crippen LogP contribution in [0.3, 0.4) is 0 Å². The molecule has 1 rings (SSSR count). The number of nitriles is 1. The molecule has 6 heteroatoms. The van der Waals surface area contributed by atoms with Crippen LogP contribution in [0.15, 0.2) is 6.07 Å². The van der Waals surface area contributed by atoms with Gasteiger partial charge in [0.05, 0.1) is 16.8 Å². The number of anilines is 1. The van der Waals surface area contributed by atoms with Crippen molar-refractivity contribution in [3.8, 4) is 6.07 Å². The van der Waals surface area contributed by atoms with Crippen LogP contribution in [-0.4, -0.2) is 4.98 Å². The zero-order valence-corrected chi connectivity index (χ0v) is 7.18. The molecule has 1 heterocycles. The summed E-state index contributed by atoms with van der Waals surface area (Å²) in [7, 11) is 0. The molecule has 0 aliphatic carbocycles. The van der Waals surface area contributed by atoms with Gasteiger partial charge >= 0.3 is 6.18 Å². The summed E-state index contributed by atoms with van der Waals surface area (Å²) in [5, 5.41) is 8.52. The van der Waals surface area contributed by atoms with E-state index in [9.17, 15) is 13.2 Å². The van der Waals surface area contributed by atoms with Gasteiger partial charge in [0, 0.05) is 0 Å². The number of rotatable bonds is 0. The predicted molar refractivity (Wildman–Crippen MR) is 43.1 cm³/mol. The largest absolute Gasteiger partial charge is 0.417 e. The Morgan fingerprint density at radius 1 is 1.50 bits per heavy atom. The summed E-state index contributed by atoms with van der Waals surface area (Å²) in [5.74, 6) is -0.242. The standard InChI is InChI=1S/C8H6F3N3/c1-4-5(3-12)6(8(9,10)11)2-7(13)14-4/h2H,1H3,(H2,13,14). The van der Waals surface area contributed by atoms with Crippen molar-refractivity contribution in [1.82, 2.24) is 4.98 Å². The van der Waals surface area contributed by atoms with Crippen LogP contribution in [0.5, 0.6) is 0 Å². The van der Waals surface area contributed by atoms with E-state index in [1.807, 2.05) is 0 Å². The van der Waals surface area contributed by atoms with Gasteiger partial charge in [-0.15, -0.1) is 0 Å². The van der Waals surface area contributed by atoms with Gasteiger partial charge in [-0.25, -0.2) is 4.98 Å². The van der Waals surface area contributed by atoms with Crippen molar-refractivity contribution in [2.75, 3.05) is 5.73 Å². The number of halogens is 3. The van der Waals surface area contributed by atoms with E-state index in [0.717, 1.165) is 0 Å². The first-order chi connectivity index (χ1) is 6.36. The second kappa shape index (κ2) is 3.18. The zero-order chi connectivity index (χ0) is 10.9. The molecule has 2 N–H and O–H groups in total. The van der Waals surface area contributed by atoms with Crippen LogP contribution in [0, 0.1) is 18.3 Å². The Morgan fingerprint density at radius 3 is 2.50 bits per heavy atom. The normalized spacial score (nSPS) is 11.1. The molecule has 3 nitrogen and oxygen atoms in total. The minimum absolute atomic E-state index is 0.0141. The van der Waals surface area contributed by atoms with E-state index in [0.29, 0.717) is 6.07 Å². The highest BCUT2D eigenvalue weighted by Gasteiger charge is 2.34. The molecule has 0 aliphatic rings. The van der Waals surface area contributed by atoms with Crippen molar-refractivity contribution in [2.24, 2.45) is 0 Å². The Hall–Kier alpha value is -1.77. The second-order valence-corrected chi connectivity index (χ2v) is 2.66. The van der Waals surface area contributed by atoms with Crippen LogP contribution in [0.1, 0.15) is 16.8 Å². The van der Waals surface area contributed by atoms with E-state index in [-0.39, 0.29) is 11.5 Å². The van der Waals surface area contributed by atoms with Crippen molar-refractivity contribution in [1.29, 1.82) is 5.26 Å². The monoisotopic (exact) mass is 201 g/mol. The number of aromatic nitrogens is 1. The van der Waals surface area contributed by atoms with Crippen LogP contribution in [0.4, 0.5) is 19.0 Å². The third kappa shape index (κ3) is 1.76. The van der Waals surface area contributed by atoms with Crippen LogP contribution < -0.4 is 5.73 Å². The van der Waals surface area contributed by atoms with Crippen LogP contribution in [0.2, 0.25) is 0 Å². The highest BCUT2D eigenvalue weighted by atomic mass is 19.4. The molecule has 1 aromatic rings. The number of nitrogen functional groups attached to an aromatic ring is 1. The minimum atomic E-state index is -4.58. The van der Waals surface area contributed by atoms with Crippen molar-refractivity contribution in [2.45, 2.75) is 13.1 Å². The third-order valence-electron chi connectivity index (χ3n) is 1.64. The molecule has 0 aliphatic heterocycles. The molecular formula is C8H6F3N3. The molecule has 74 valence electrons. The van der Waals surface area contributed by atoms with Crippen LogP contribution >= 0.6 is 0 Å². The summed E-state index contributed by atoms with van der Waals surface area (Å²) >= 11 is 0. The number of nitrogens with zero attached hydrogens (tertiary/aromatic N) is 2. The van der Waals surface area contributed by atoms with E-state index < -0.39 is 17.3 Å². The summed E-state index contributed by atoms with van der Waals surface area (Å²) in [5.41, 5.74) is 3.63. The third-order valence-corrected chi connectivity index (χ3v) is 1.64. The average molecular weight is 201 g/mol. The molecule has 0 aromatic carbocycles. The first-order valence-corrected chi connectivity index (χ1v) is 3.60. The van der Waals surface area contributed by atoms with Crippen molar-refractivity contribution in [3.63, 3.8) is 0 Å². The fourth-order valence-corrected chi connectivity index (χ4v) is 1.06. The van der Waals surface area contributed by atoms with E-state index in [1.165, 1.54) is 13.0 Å². The summed E-state index contributed by atoms with van der Waals surface area (Å²) in [6, 6.07) is 2.12. The molecule has 0 spiro atoms. The highest BCUT2D eigenvalue weighted by Crippen LogP contribution is 2.33. The molecule has 0 atom stereocenters. The smallest absolute Gasteiger partial charge is 0.384 e. The van der Waals surface area contributed by atoms with Gasteiger partial charge in [0.15, 0.2) is 0 Å². The Morgan fingerprint density at radius 2 is 2.07 bits per heavy atom. The second-order valence-electron chi connectivity index (χ2n) is 2.66. The van der Waals surface area contributed by atoms with Gasteiger partial charge < -0.3 is 5.73 Å². The lowest BCUT2D eigenvalue weighted by molar-refractivity contribution is -0.137. The Bertz CT molecular complexity index is 404. The zero-order valence-electron chi connectivity index (χ0n) is 7.18. The summed E-state index contributed by atoms with van der Waals surface area (Å²) < 4.78 is 37.1. The molecule has 0 saturated heterocycles. The van der Waals surface area contributed by atoms with E-state index >= 15 is 0 Å². The molecule has 0 fully saturated rings. The maximum absolute atomic E-state index is 12.4. The molecule has 0 bridgehead atoms. The Balaban J connectivity index is 3.50. The van der Waals surface area contributed by atoms with E-state index in [2.05, 4.69) is 4.98 Å². The lowest BCUT2D eigenvalue weighted by atomic mass is 10.1. The number of aryl methyl sites for hydroxylation is 1. The molecule has 0 amide bonds. The van der Waals surface area contributed by atoms with Gasteiger partial charge in [0.25, 0.3) is 0 Å². The van der Waals surface area contributed by atoms with Gasteiger partial charge in [-0.1, -0.05) is 0 Å². The molecule has 14 heavy (non-hydrogen) atoms. The molecule has 0 unspecified atom stereocenters. The number of hydrogen-bond donors (Lipinski definition) is 1. The molecular weight excluding hydrogens is 195 g/mol. The summed E-state index contributed by atoms with van der Waals surface area (Å²) in [4.78, 5) is 3.57. The minimum Gasteiger partial charge on any atom is -0.384 e. The molecule has 1 aromatic heterocycles. The SMILES string of the molecule is Cc1nc(N)cc(C(F)(F)F)c1C#N. The molecule has 0 radical (unpaired) electrons. The van der Waals surface area contributed by atoms with Gasteiger partial charge in [-0.2, -0.15) is 18.4 Å². The Kier molecular flexibility index (Phi) is 2.34. The summed E-state index contributed by atoms with van der Waals surface area (Å²) in [6.07, 6.45) is -4.58. The average Bonchev–Trinajstić information content (AvgIpc) is 2.01. The maximum atomic E-state index is 12.4. The quantitative estimate of drug-likeness (QED) is 0.696. The maximum Gasteiger partial charge on any atom is 0.417 e. The fraction of sp³-hybridized carbons (Fsp3) is 0.250. The lowest BCUT2D eigenvalue weighted by Gasteiger charge is -2.10. The summed E-state index contributed by atoms with van der Waals surface area (Å²) in [6.45, 7) is 1.31. The van der Waals surface area contributed by atoms with Gasteiger partial charge in [-0.3, -0.25) is 0 Å². The number of pyridine rings is 1. The van der Waals surface area contributed by atoms with Crippen molar-refractivity contribution in [3.05, 3.63) is 22.9 Å². The van der Waals surface area contributed by atoms with Gasteiger partial charge in [-0.05, 0) is 13.0 Å². The number of alkyl halides is 3. The fourth-order valence-electron chi connectivity index (χ4n) is 1.06. The van der Waals surface area contributed by atoms with E-state index in [4.69, 9.17) is 11.0 Å². The molecule has 0 saturated carbocycles. The predicted octanol–water partition coefficient (Wildman–Crippen LogP) is 1.86.